The first-order valence-corrected chi connectivity index (χ1v) is 4.13. The van der Waals surface area contributed by atoms with Crippen molar-refractivity contribution in [3.63, 3.8) is 0 Å². The van der Waals surface area contributed by atoms with Crippen LogP contribution in [-0.4, -0.2) is 30.2 Å². The predicted octanol–water partition coefficient (Wildman–Crippen LogP) is 0.162. The van der Waals surface area contributed by atoms with Crippen molar-refractivity contribution in [2.24, 2.45) is 5.73 Å². The summed E-state index contributed by atoms with van der Waals surface area (Å²) in [5.41, 5.74) is 6.80. The van der Waals surface area contributed by atoms with Gasteiger partial charge in [-0.1, -0.05) is 5.16 Å². The summed E-state index contributed by atoms with van der Waals surface area (Å²) in [4.78, 5) is 2.23. The fourth-order valence-corrected chi connectivity index (χ4v) is 1.72. The lowest BCUT2D eigenvalue weighted by Crippen LogP contribution is -2.33. The van der Waals surface area contributed by atoms with Gasteiger partial charge in [0.05, 0.1) is 6.20 Å². The van der Waals surface area contributed by atoms with Gasteiger partial charge in [0, 0.05) is 31.1 Å². The minimum absolute atomic E-state index is 0.321. The molecule has 1 aliphatic rings. The van der Waals surface area contributed by atoms with Crippen LogP contribution in [-0.2, 0) is 6.54 Å². The van der Waals surface area contributed by atoms with Crippen molar-refractivity contribution in [3.05, 3.63) is 17.5 Å². The van der Waals surface area contributed by atoms with Crippen LogP contribution in [0.4, 0.5) is 0 Å². The zero-order valence-electron chi connectivity index (χ0n) is 7.16. The molecule has 1 aromatic rings. The van der Waals surface area contributed by atoms with Gasteiger partial charge in [0.25, 0.3) is 0 Å². The van der Waals surface area contributed by atoms with Crippen LogP contribution in [0.3, 0.4) is 0 Å². The maximum atomic E-state index is 5.63. The molecule has 0 saturated carbocycles. The fourth-order valence-electron chi connectivity index (χ4n) is 1.72. The molecule has 4 nitrogen and oxygen atoms in total. The summed E-state index contributed by atoms with van der Waals surface area (Å²) in [6, 6.07) is 0. The minimum atomic E-state index is 0.321. The number of rotatable bonds is 1. The largest absolute Gasteiger partial charge is 0.361 e. The van der Waals surface area contributed by atoms with E-state index < -0.39 is 0 Å². The molecule has 1 aromatic heterocycles. The van der Waals surface area contributed by atoms with Crippen LogP contribution in [0.1, 0.15) is 17.2 Å². The Hall–Kier alpha value is -0.870. The van der Waals surface area contributed by atoms with E-state index in [-0.39, 0.29) is 0 Å². The zero-order chi connectivity index (χ0) is 8.55. The number of aromatic nitrogens is 1. The van der Waals surface area contributed by atoms with E-state index in [1.54, 1.807) is 6.20 Å². The summed E-state index contributed by atoms with van der Waals surface area (Å²) in [6.45, 7) is 2.53. The quantitative estimate of drug-likeness (QED) is 0.647. The molecule has 12 heavy (non-hydrogen) atoms. The average Bonchev–Trinajstić information content (AvgIpc) is 2.50. The van der Waals surface area contributed by atoms with E-state index in [1.807, 2.05) is 0 Å². The molecule has 0 fully saturated rings. The third-order valence-corrected chi connectivity index (χ3v) is 2.30. The molecule has 0 aromatic carbocycles. The van der Waals surface area contributed by atoms with E-state index in [0.717, 1.165) is 18.8 Å². The molecule has 1 aliphatic heterocycles. The minimum Gasteiger partial charge on any atom is -0.361 e. The molecule has 1 atom stereocenters. The molecule has 0 spiro atoms. The standard InChI is InChI=1S/C8H13N3O/c1-11-4-6(2-9)8-7(5-11)3-10-12-8/h3,6H,2,4-5,9H2,1H3. The second kappa shape index (κ2) is 2.88. The van der Waals surface area contributed by atoms with Crippen LogP contribution in [0.25, 0.3) is 0 Å². The van der Waals surface area contributed by atoms with Crippen LogP contribution in [0.15, 0.2) is 10.7 Å². The summed E-state index contributed by atoms with van der Waals surface area (Å²) >= 11 is 0. The molecule has 2 rings (SSSR count). The normalized spacial score (nSPS) is 24.0. The first-order chi connectivity index (χ1) is 5.81. The Bertz CT molecular complexity index is 271. The van der Waals surface area contributed by atoms with Gasteiger partial charge < -0.3 is 15.2 Å². The number of hydrogen-bond acceptors (Lipinski definition) is 4. The van der Waals surface area contributed by atoms with Gasteiger partial charge in [-0.2, -0.15) is 0 Å². The van der Waals surface area contributed by atoms with Crippen molar-refractivity contribution < 1.29 is 4.52 Å². The van der Waals surface area contributed by atoms with Crippen molar-refractivity contribution in [3.8, 4) is 0 Å². The molecule has 0 aliphatic carbocycles. The Morgan fingerprint density at radius 3 is 3.42 bits per heavy atom. The van der Waals surface area contributed by atoms with Crippen molar-refractivity contribution in [1.82, 2.24) is 10.1 Å². The number of fused-ring (bicyclic) bond motifs is 1. The average molecular weight is 167 g/mol. The zero-order valence-corrected chi connectivity index (χ0v) is 7.16. The van der Waals surface area contributed by atoms with Gasteiger partial charge in [-0.05, 0) is 7.05 Å². The van der Waals surface area contributed by atoms with E-state index in [0.29, 0.717) is 12.5 Å². The third kappa shape index (κ3) is 1.13. The first-order valence-electron chi connectivity index (χ1n) is 4.13. The van der Waals surface area contributed by atoms with Gasteiger partial charge >= 0.3 is 0 Å². The molecular weight excluding hydrogens is 154 g/mol. The highest BCUT2D eigenvalue weighted by Crippen LogP contribution is 2.25. The smallest absolute Gasteiger partial charge is 0.146 e. The lowest BCUT2D eigenvalue weighted by Gasteiger charge is -2.26. The van der Waals surface area contributed by atoms with Gasteiger partial charge in [-0.3, -0.25) is 0 Å². The summed E-state index contributed by atoms with van der Waals surface area (Å²) in [5.74, 6) is 1.30. The van der Waals surface area contributed by atoms with E-state index in [4.69, 9.17) is 10.3 Å². The molecule has 4 heteroatoms. The Morgan fingerprint density at radius 1 is 1.83 bits per heavy atom. The first kappa shape index (κ1) is 7.76. The Balaban J connectivity index is 2.31. The van der Waals surface area contributed by atoms with E-state index in [1.165, 1.54) is 5.56 Å². The molecule has 2 N–H and O–H groups in total. The Labute approximate surface area is 71.3 Å². The summed E-state index contributed by atoms with van der Waals surface area (Å²) < 4.78 is 5.15. The maximum Gasteiger partial charge on any atom is 0.146 e. The number of likely N-dealkylation sites (N-methyl/N-ethyl adjacent to an activating group) is 1. The van der Waals surface area contributed by atoms with E-state index in [2.05, 4.69) is 17.1 Å². The third-order valence-electron chi connectivity index (χ3n) is 2.30. The van der Waals surface area contributed by atoms with Crippen molar-refractivity contribution in [1.29, 1.82) is 0 Å². The molecule has 2 heterocycles. The molecule has 66 valence electrons. The van der Waals surface area contributed by atoms with Gasteiger partial charge in [0.1, 0.15) is 5.76 Å². The molecule has 0 amide bonds. The monoisotopic (exact) mass is 167 g/mol. The second-order valence-corrected chi connectivity index (χ2v) is 3.34. The van der Waals surface area contributed by atoms with Gasteiger partial charge in [0.2, 0.25) is 0 Å². The van der Waals surface area contributed by atoms with Crippen LogP contribution >= 0.6 is 0 Å². The van der Waals surface area contributed by atoms with Crippen LogP contribution < -0.4 is 5.73 Å². The molecule has 0 bridgehead atoms. The van der Waals surface area contributed by atoms with Crippen LogP contribution in [0.5, 0.6) is 0 Å². The SMILES string of the molecule is CN1Cc2cnoc2C(CN)C1. The highest BCUT2D eigenvalue weighted by Gasteiger charge is 2.25. The number of nitrogens with zero attached hydrogens (tertiary/aromatic N) is 2. The maximum absolute atomic E-state index is 5.63. The van der Waals surface area contributed by atoms with Crippen molar-refractivity contribution in [2.45, 2.75) is 12.5 Å². The molecule has 0 radical (unpaired) electrons. The number of hydrogen-bond donors (Lipinski definition) is 1. The number of nitrogens with two attached hydrogens (primary N) is 1. The van der Waals surface area contributed by atoms with Gasteiger partial charge in [-0.25, -0.2) is 0 Å². The Kier molecular flexibility index (Phi) is 1.86. The fraction of sp³-hybridized carbons (Fsp3) is 0.625. The van der Waals surface area contributed by atoms with Crippen molar-refractivity contribution >= 4 is 0 Å². The van der Waals surface area contributed by atoms with Gasteiger partial charge in [-0.15, -0.1) is 0 Å². The van der Waals surface area contributed by atoms with Gasteiger partial charge in [0.15, 0.2) is 0 Å². The second-order valence-electron chi connectivity index (χ2n) is 3.34. The molecule has 1 unspecified atom stereocenters. The summed E-state index contributed by atoms with van der Waals surface area (Å²) in [7, 11) is 2.08. The highest BCUT2D eigenvalue weighted by molar-refractivity contribution is 5.21. The topological polar surface area (TPSA) is 55.3 Å². The molecular formula is C8H13N3O. The summed E-state index contributed by atoms with van der Waals surface area (Å²) in [5, 5.41) is 3.78. The lowest BCUT2D eigenvalue weighted by atomic mass is 9.98. The van der Waals surface area contributed by atoms with E-state index in [9.17, 15) is 0 Å². The lowest BCUT2D eigenvalue weighted by molar-refractivity contribution is 0.247. The summed E-state index contributed by atoms with van der Waals surface area (Å²) in [6.07, 6.45) is 1.79. The Morgan fingerprint density at radius 2 is 2.67 bits per heavy atom. The van der Waals surface area contributed by atoms with E-state index >= 15 is 0 Å². The van der Waals surface area contributed by atoms with Crippen LogP contribution in [0.2, 0.25) is 0 Å². The van der Waals surface area contributed by atoms with Crippen LogP contribution in [0, 0.1) is 0 Å². The van der Waals surface area contributed by atoms with Crippen molar-refractivity contribution in [2.75, 3.05) is 20.1 Å². The predicted molar refractivity (Wildman–Crippen MR) is 44.6 cm³/mol. The highest BCUT2D eigenvalue weighted by atomic mass is 16.5. The molecule has 0 saturated heterocycles.